The maximum Gasteiger partial charge on any atom is 0.272 e. The van der Waals surface area contributed by atoms with E-state index in [0.717, 1.165) is 44.0 Å². The van der Waals surface area contributed by atoms with E-state index in [1.807, 2.05) is 4.90 Å². The molecule has 0 radical (unpaired) electrons. The highest BCUT2D eigenvalue weighted by Gasteiger charge is 2.35. The molecule has 0 aromatic carbocycles. The summed E-state index contributed by atoms with van der Waals surface area (Å²) in [5.74, 6) is 2.04. The van der Waals surface area contributed by atoms with Crippen molar-refractivity contribution in [1.82, 2.24) is 29.9 Å². The summed E-state index contributed by atoms with van der Waals surface area (Å²) in [4.78, 5) is 14.6. The number of nitrogens with one attached hydrogen (secondary N) is 1. The van der Waals surface area contributed by atoms with Crippen molar-refractivity contribution in [3.8, 4) is 0 Å². The van der Waals surface area contributed by atoms with Gasteiger partial charge in [0.15, 0.2) is 5.82 Å². The number of aryl methyl sites for hydroxylation is 1. The van der Waals surface area contributed by atoms with E-state index in [2.05, 4.69) is 25.0 Å². The molecule has 1 atom stereocenters. The normalized spacial score (nSPS) is 21.6. The molecule has 0 aliphatic carbocycles. The van der Waals surface area contributed by atoms with Gasteiger partial charge in [0, 0.05) is 25.7 Å². The largest absolute Gasteiger partial charge is 0.327 e. The van der Waals surface area contributed by atoms with Crippen molar-refractivity contribution in [3.05, 3.63) is 29.6 Å². The first-order valence-electron chi connectivity index (χ1n) is 8.07. The number of nitrogens with zero attached hydrogens (tertiary/aromatic N) is 5. The molecule has 2 aliphatic rings. The third kappa shape index (κ3) is 2.20. The fourth-order valence-corrected chi connectivity index (χ4v) is 3.56. The topological polar surface area (TPSA) is 79.7 Å². The lowest BCUT2D eigenvalue weighted by molar-refractivity contribution is 0.0721. The predicted molar refractivity (Wildman–Crippen MR) is 79.2 cm³/mol. The SMILES string of the molecule is O=C(c1ccn[nH]1)N1CCC[C@H]1c1nnc2n1CCCCC2. The third-order valence-corrected chi connectivity index (χ3v) is 4.68. The maximum atomic E-state index is 12.6. The molecule has 1 N–H and O–H groups in total. The van der Waals surface area contributed by atoms with Crippen molar-refractivity contribution >= 4 is 5.91 Å². The number of hydrogen-bond donors (Lipinski definition) is 1. The van der Waals surface area contributed by atoms with Crippen LogP contribution in [0.15, 0.2) is 12.3 Å². The molecule has 116 valence electrons. The van der Waals surface area contributed by atoms with Gasteiger partial charge in [-0.3, -0.25) is 9.89 Å². The number of aromatic amines is 1. The van der Waals surface area contributed by atoms with Gasteiger partial charge in [0.25, 0.3) is 5.91 Å². The summed E-state index contributed by atoms with van der Waals surface area (Å²) in [7, 11) is 0. The lowest BCUT2D eigenvalue weighted by Gasteiger charge is -2.24. The number of fused-ring (bicyclic) bond motifs is 1. The Morgan fingerprint density at radius 1 is 1.18 bits per heavy atom. The van der Waals surface area contributed by atoms with E-state index in [0.29, 0.717) is 5.69 Å². The molecule has 1 saturated heterocycles. The van der Waals surface area contributed by atoms with E-state index >= 15 is 0 Å². The second-order valence-electron chi connectivity index (χ2n) is 6.06. The molecule has 2 aliphatic heterocycles. The van der Waals surface area contributed by atoms with Crippen molar-refractivity contribution < 1.29 is 4.79 Å². The number of rotatable bonds is 2. The van der Waals surface area contributed by atoms with Crippen LogP contribution in [0.5, 0.6) is 0 Å². The molecular formula is C15H20N6O. The number of carbonyl (C=O) groups excluding carboxylic acids is 1. The smallest absolute Gasteiger partial charge is 0.272 e. The first-order valence-corrected chi connectivity index (χ1v) is 8.07. The molecule has 4 rings (SSSR count). The Morgan fingerprint density at radius 2 is 2.14 bits per heavy atom. The average molecular weight is 300 g/mol. The van der Waals surface area contributed by atoms with Gasteiger partial charge in [0.05, 0.1) is 6.04 Å². The van der Waals surface area contributed by atoms with Gasteiger partial charge in [0.1, 0.15) is 11.5 Å². The van der Waals surface area contributed by atoms with Gasteiger partial charge in [-0.2, -0.15) is 5.10 Å². The van der Waals surface area contributed by atoms with Crippen LogP contribution in [0.2, 0.25) is 0 Å². The molecule has 2 aromatic rings. The minimum Gasteiger partial charge on any atom is -0.327 e. The van der Waals surface area contributed by atoms with Crippen molar-refractivity contribution in [3.63, 3.8) is 0 Å². The molecule has 0 saturated carbocycles. The van der Waals surface area contributed by atoms with Crippen LogP contribution in [0.25, 0.3) is 0 Å². The van der Waals surface area contributed by atoms with E-state index in [9.17, 15) is 4.79 Å². The Hall–Kier alpha value is -2.18. The van der Waals surface area contributed by atoms with Gasteiger partial charge in [-0.1, -0.05) is 6.42 Å². The minimum atomic E-state index is 0.00553. The van der Waals surface area contributed by atoms with E-state index in [1.165, 1.54) is 19.3 Å². The molecule has 22 heavy (non-hydrogen) atoms. The standard InChI is InChI=1S/C15H20N6O/c22-15(11-7-8-16-17-11)20-10-4-5-12(20)14-19-18-13-6-2-1-3-9-21(13)14/h7-8,12H,1-6,9-10H2,(H,16,17)/t12-/m0/s1. The van der Waals surface area contributed by atoms with Gasteiger partial charge in [-0.05, 0) is 31.7 Å². The summed E-state index contributed by atoms with van der Waals surface area (Å²) >= 11 is 0. The zero-order valence-electron chi connectivity index (χ0n) is 12.5. The third-order valence-electron chi connectivity index (χ3n) is 4.68. The van der Waals surface area contributed by atoms with Crippen molar-refractivity contribution in [2.75, 3.05) is 6.54 Å². The lowest BCUT2D eigenvalue weighted by Crippen LogP contribution is -2.32. The van der Waals surface area contributed by atoms with Crippen LogP contribution in [0, 0.1) is 0 Å². The highest BCUT2D eigenvalue weighted by Crippen LogP contribution is 2.33. The van der Waals surface area contributed by atoms with Crippen molar-refractivity contribution in [2.45, 2.75) is 51.1 Å². The zero-order chi connectivity index (χ0) is 14.9. The van der Waals surface area contributed by atoms with Gasteiger partial charge >= 0.3 is 0 Å². The molecule has 0 unspecified atom stereocenters. The molecule has 0 spiro atoms. The van der Waals surface area contributed by atoms with E-state index < -0.39 is 0 Å². The van der Waals surface area contributed by atoms with Gasteiger partial charge in [-0.25, -0.2) is 0 Å². The molecule has 7 nitrogen and oxygen atoms in total. The van der Waals surface area contributed by atoms with Crippen LogP contribution in [0.4, 0.5) is 0 Å². The monoisotopic (exact) mass is 300 g/mol. The first kappa shape index (κ1) is 13.5. The van der Waals surface area contributed by atoms with Crippen LogP contribution in [-0.2, 0) is 13.0 Å². The van der Waals surface area contributed by atoms with Crippen molar-refractivity contribution in [2.24, 2.45) is 0 Å². The first-order chi connectivity index (χ1) is 10.8. The van der Waals surface area contributed by atoms with Gasteiger partial charge in [-0.15, -0.1) is 10.2 Å². The fourth-order valence-electron chi connectivity index (χ4n) is 3.56. The number of aromatic nitrogens is 5. The highest BCUT2D eigenvalue weighted by atomic mass is 16.2. The fraction of sp³-hybridized carbons (Fsp3) is 0.600. The maximum absolute atomic E-state index is 12.6. The lowest BCUT2D eigenvalue weighted by atomic mass is 10.2. The minimum absolute atomic E-state index is 0.00553. The Labute approximate surface area is 128 Å². The molecular weight excluding hydrogens is 280 g/mol. The predicted octanol–water partition coefficient (Wildman–Crippen LogP) is 1.70. The number of hydrogen-bond acceptors (Lipinski definition) is 4. The Morgan fingerprint density at radius 3 is 3.00 bits per heavy atom. The van der Waals surface area contributed by atoms with E-state index in [4.69, 9.17) is 0 Å². The summed E-state index contributed by atoms with van der Waals surface area (Å²) in [6.07, 6.45) is 8.16. The zero-order valence-corrected chi connectivity index (χ0v) is 12.5. The van der Waals surface area contributed by atoms with Crippen LogP contribution < -0.4 is 0 Å². The van der Waals surface area contributed by atoms with Crippen LogP contribution in [0.1, 0.15) is 60.3 Å². The second-order valence-corrected chi connectivity index (χ2v) is 6.06. The highest BCUT2D eigenvalue weighted by molar-refractivity contribution is 5.92. The quantitative estimate of drug-likeness (QED) is 0.915. The summed E-state index contributed by atoms with van der Waals surface area (Å²) in [6, 6.07) is 1.76. The van der Waals surface area contributed by atoms with Crippen molar-refractivity contribution in [1.29, 1.82) is 0 Å². The van der Waals surface area contributed by atoms with Crippen LogP contribution >= 0.6 is 0 Å². The molecule has 0 bridgehead atoms. The number of carbonyl (C=O) groups is 1. The van der Waals surface area contributed by atoms with Gasteiger partial charge in [0.2, 0.25) is 0 Å². The number of likely N-dealkylation sites (tertiary alicyclic amines) is 1. The Balaban J connectivity index is 1.64. The van der Waals surface area contributed by atoms with Crippen LogP contribution in [-0.4, -0.2) is 42.3 Å². The Bertz CT molecular complexity index is 662. The molecule has 2 aromatic heterocycles. The molecule has 1 fully saturated rings. The average Bonchev–Trinajstić information content (AvgIpc) is 3.24. The summed E-state index contributed by atoms with van der Waals surface area (Å²) in [5, 5.41) is 15.4. The molecule has 7 heteroatoms. The van der Waals surface area contributed by atoms with Gasteiger partial charge < -0.3 is 9.47 Å². The van der Waals surface area contributed by atoms with E-state index in [1.54, 1.807) is 12.3 Å². The Kier molecular flexibility index (Phi) is 3.40. The number of H-pyrrole nitrogens is 1. The summed E-state index contributed by atoms with van der Waals surface area (Å²) < 4.78 is 2.25. The summed E-state index contributed by atoms with van der Waals surface area (Å²) in [5.41, 5.74) is 0.544. The second kappa shape index (κ2) is 5.55. The van der Waals surface area contributed by atoms with Crippen LogP contribution in [0.3, 0.4) is 0 Å². The number of amides is 1. The van der Waals surface area contributed by atoms with E-state index in [-0.39, 0.29) is 11.9 Å². The summed E-state index contributed by atoms with van der Waals surface area (Å²) in [6.45, 7) is 1.74. The molecule has 1 amide bonds. The molecule has 4 heterocycles.